The molecular formula is C12H20N6. The number of nitrogens with zero attached hydrogens (tertiary/aromatic N) is 6. The molecule has 6 heteroatoms. The van der Waals surface area contributed by atoms with Crippen LogP contribution in [0.5, 0.6) is 0 Å². The van der Waals surface area contributed by atoms with Gasteiger partial charge in [-0.3, -0.25) is 0 Å². The van der Waals surface area contributed by atoms with Gasteiger partial charge in [-0.2, -0.15) is 4.98 Å². The molecule has 98 valence electrons. The van der Waals surface area contributed by atoms with E-state index in [9.17, 15) is 0 Å². The second kappa shape index (κ2) is 6.09. The van der Waals surface area contributed by atoms with Gasteiger partial charge in [-0.15, -0.1) is 0 Å². The zero-order valence-corrected chi connectivity index (χ0v) is 11.8. The van der Waals surface area contributed by atoms with Crippen LogP contribution in [-0.4, -0.2) is 60.6 Å². The van der Waals surface area contributed by atoms with Crippen LogP contribution in [0.4, 0.5) is 11.8 Å². The third-order valence-electron chi connectivity index (χ3n) is 2.17. The number of aryl methyl sites for hydroxylation is 1. The Balaban J connectivity index is 3.10. The molecule has 1 aromatic heterocycles. The van der Waals surface area contributed by atoms with Gasteiger partial charge in [0.15, 0.2) is 5.82 Å². The van der Waals surface area contributed by atoms with E-state index in [4.69, 9.17) is 0 Å². The van der Waals surface area contributed by atoms with E-state index in [0.29, 0.717) is 11.8 Å². The SMILES string of the molecule is Cc1nc(N=CN(C)C)nc(N=CN(C)C)c1C. The molecule has 0 aliphatic carbocycles. The van der Waals surface area contributed by atoms with Crippen molar-refractivity contribution in [2.75, 3.05) is 28.2 Å². The van der Waals surface area contributed by atoms with Gasteiger partial charge in [-0.1, -0.05) is 0 Å². The molecule has 1 heterocycles. The Morgan fingerprint density at radius 1 is 0.889 bits per heavy atom. The first kappa shape index (κ1) is 14.1. The summed E-state index contributed by atoms with van der Waals surface area (Å²) in [5, 5.41) is 0. The van der Waals surface area contributed by atoms with Gasteiger partial charge >= 0.3 is 0 Å². The third kappa shape index (κ3) is 4.12. The van der Waals surface area contributed by atoms with E-state index < -0.39 is 0 Å². The Morgan fingerprint density at radius 3 is 2.00 bits per heavy atom. The van der Waals surface area contributed by atoms with E-state index in [2.05, 4.69) is 20.0 Å². The molecule has 0 N–H and O–H groups in total. The average molecular weight is 248 g/mol. The molecule has 0 aliphatic rings. The van der Waals surface area contributed by atoms with E-state index >= 15 is 0 Å². The largest absolute Gasteiger partial charge is 0.369 e. The molecular weight excluding hydrogens is 228 g/mol. The van der Waals surface area contributed by atoms with Crippen molar-refractivity contribution >= 4 is 24.4 Å². The van der Waals surface area contributed by atoms with Crippen LogP contribution >= 0.6 is 0 Å². The Kier molecular flexibility index (Phi) is 4.76. The van der Waals surface area contributed by atoms with E-state index in [1.165, 1.54) is 0 Å². The summed E-state index contributed by atoms with van der Waals surface area (Å²) in [5.41, 5.74) is 1.86. The molecule has 0 radical (unpaired) electrons. The predicted octanol–water partition coefficient (Wildman–Crippen LogP) is 1.54. The van der Waals surface area contributed by atoms with Crippen LogP contribution in [-0.2, 0) is 0 Å². The Bertz CT molecular complexity index is 462. The monoisotopic (exact) mass is 248 g/mol. The number of aliphatic imine (C=N–C) groups is 2. The van der Waals surface area contributed by atoms with Crippen LogP contribution in [0.1, 0.15) is 11.3 Å². The first-order valence-corrected chi connectivity index (χ1v) is 5.66. The standard InChI is InChI=1S/C12H20N6/c1-9-10(2)15-12(14-8-18(5)6)16-11(9)13-7-17(3)4/h7-8H,1-6H3. The summed E-state index contributed by atoms with van der Waals surface area (Å²) in [6.45, 7) is 3.89. The van der Waals surface area contributed by atoms with Crippen LogP contribution in [0, 0.1) is 13.8 Å². The minimum atomic E-state index is 0.428. The molecule has 0 fully saturated rings. The quantitative estimate of drug-likeness (QED) is 0.599. The third-order valence-corrected chi connectivity index (χ3v) is 2.17. The van der Waals surface area contributed by atoms with E-state index in [1.807, 2.05) is 51.8 Å². The lowest BCUT2D eigenvalue weighted by atomic mass is 10.2. The first-order valence-electron chi connectivity index (χ1n) is 5.66. The summed E-state index contributed by atoms with van der Waals surface area (Å²) in [6, 6.07) is 0. The Morgan fingerprint density at radius 2 is 1.44 bits per heavy atom. The fourth-order valence-electron chi connectivity index (χ4n) is 1.12. The van der Waals surface area contributed by atoms with Crippen LogP contribution in [0.15, 0.2) is 9.98 Å². The van der Waals surface area contributed by atoms with E-state index in [1.54, 1.807) is 12.7 Å². The van der Waals surface area contributed by atoms with Crippen molar-refractivity contribution in [1.82, 2.24) is 19.8 Å². The van der Waals surface area contributed by atoms with Crippen molar-refractivity contribution in [2.24, 2.45) is 9.98 Å². The summed E-state index contributed by atoms with van der Waals surface area (Å²) < 4.78 is 0. The molecule has 0 unspecified atom stereocenters. The van der Waals surface area contributed by atoms with Crippen molar-refractivity contribution in [3.05, 3.63) is 11.3 Å². The molecule has 1 aromatic rings. The molecule has 1 rings (SSSR count). The minimum absolute atomic E-state index is 0.428. The summed E-state index contributed by atoms with van der Waals surface area (Å²) in [5.74, 6) is 1.08. The van der Waals surface area contributed by atoms with Crippen LogP contribution in [0.25, 0.3) is 0 Å². The molecule has 0 amide bonds. The molecule has 0 saturated heterocycles. The van der Waals surface area contributed by atoms with Gasteiger partial charge < -0.3 is 9.80 Å². The number of hydrogen-bond donors (Lipinski definition) is 0. The number of rotatable bonds is 4. The van der Waals surface area contributed by atoms with Crippen molar-refractivity contribution < 1.29 is 0 Å². The van der Waals surface area contributed by atoms with Gasteiger partial charge in [-0.05, 0) is 13.8 Å². The van der Waals surface area contributed by atoms with Crippen molar-refractivity contribution in [1.29, 1.82) is 0 Å². The highest BCUT2D eigenvalue weighted by atomic mass is 15.2. The maximum atomic E-state index is 4.32. The van der Waals surface area contributed by atoms with Crippen molar-refractivity contribution in [3.63, 3.8) is 0 Å². The molecule has 0 bridgehead atoms. The van der Waals surface area contributed by atoms with Crippen LogP contribution in [0.2, 0.25) is 0 Å². The highest BCUT2D eigenvalue weighted by molar-refractivity contribution is 5.62. The second-order valence-corrected chi connectivity index (χ2v) is 4.47. The maximum Gasteiger partial charge on any atom is 0.253 e. The summed E-state index contributed by atoms with van der Waals surface area (Å²) in [4.78, 5) is 20.8. The lowest BCUT2D eigenvalue weighted by molar-refractivity contribution is 0.642. The van der Waals surface area contributed by atoms with Gasteiger partial charge in [-0.25, -0.2) is 15.0 Å². The summed E-state index contributed by atoms with van der Waals surface area (Å²) >= 11 is 0. The fraction of sp³-hybridized carbons (Fsp3) is 0.500. The van der Waals surface area contributed by atoms with Gasteiger partial charge in [0, 0.05) is 39.4 Å². The smallest absolute Gasteiger partial charge is 0.253 e. The molecule has 6 nitrogen and oxygen atoms in total. The highest BCUT2D eigenvalue weighted by Gasteiger charge is 2.05. The van der Waals surface area contributed by atoms with Crippen molar-refractivity contribution in [2.45, 2.75) is 13.8 Å². The number of aromatic nitrogens is 2. The van der Waals surface area contributed by atoms with Crippen molar-refractivity contribution in [3.8, 4) is 0 Å². The van der Waals surface area contributed by atoms with Gasteiger partial charge in [0.2, 0.25) is 0 Å². The van der Waals surface area contributed by atoms with E-state index in [0.717, 1.165) is 11.3 Å². The average Bonchev–Trinajstić information content (AvgIpc) is 2.28. The molecule has 0 atom stereocenters. The Hall–Kier alpha value is -1.98. The molecule has 0 aromatic carbocycles. The Labute approximate surface area is 108 Å². The molecule has 0 aliphatic heterocycles. The zero-order valence-electron chi connectivity index (χ0n) is 11.8. The predicted molar refractivity (Wildman–Crippen MR) is 75.2 cm³/mol. The van der Waals surface area contributed by atoms with Crippen LogP contribution in [0.3, 0.4) is 0 Å². The minimum Gasteiger partial charge on any atom is -0.369 e. The van der Waals surface area contributed by atoms with Gasteiger partial charge in [0.25, 0.3) is 5.95 Å². The molecule has 0 saturated carbocycles. The topological polar surface area (TPSA) is 57.0 Å². The highest BCUT2D eigenvalue weighted by Crippen LogP contribution is 2.20. The number of hydrogen-bond acceptors (Lipinski definition) is 4. The normalized spacial score (nSPS) is 11.4. The van der Waals surface area contributed by atoms with Crippen LogP contribution < -0.4 is 0 Å². The first-order chi connectivity index (χ1) is 8.40. The molecule has 0 spiro atoms. The van der Waals surface area contributed by atoms with Gasteiger partial charge in [0.05, 0.1) is 12.7 Å². The zero-order chi connectivity index (χ0) is 13.7. The fourth-order valence-corrected chi connectivity index (χ4v) is 1.12. The van der Waals surface area contributed by atoms with Gasteiger partial charge in [0.1, 0.15) is 0 Å². The maximum absolute atomic E-state index is 4.32. The molecule has 18 heavy (non-hydrogen) atoms. The lowest BCUT2D eigenvalue weighted by Gasteiger charge is -2.07. The summed E-state index contributed by atoms with van der Waals surface area (Å²) in [6.07, 6.45) is 3.39. The second-order valence-electron chi connectivity index (χ2n) is 4.47. The summed E-state index contributed by atoms with van der Waals surface area (Å²) in [7, 11) is 7.63. The lowest BCUT2D eigenvalue weighted by Crippen LogP contribution is -2.08. The van der Waals surface area contributed by atoms with E-state index in [-0.39, 0.29) is 0 Å².